The van der Waals surface area contributed by atoms with Crippen LogP contribution < -0.4 is 5.32 Å². The number of carbonyl (C=O) groups is 3. The number of hydrogen-bond acceptors (Lipinski definition) is 4. The van der Waals surface area contributed by atoms with E-state index in [1.807, 2.05) is 72.8 Å². The molecule has 42 heavy (non-hydrogen) atoms. The Bertz CT molecular complexity index is 1870. The van der Waals surface area contributed by atoms with Crippen LogP contribution in [0.15, 0.2) is 103 Å². The molecule has 0 saturated carbocycles. The number of nitrogens with zero attached hydrogens (tertiary/aromatic N) is 2. The number of para-hydroxylation sites is 1. The Morgan fingerprint density at radius 3 is 2.36 bits per heavy atom. The zero-order chi connectivity index (χ0) is 28.8. The van der Waals surface area contributed by atoms with Gasteiger partial charge in [0.2, 0.25) is 0 Å². The predicted octanol–water partition coefficient (Wildman–Crippen LogP) is 7.34. The molecule has 208 valence electrons. The Morgan fingerprint density at radius 2 is 1.55 bits per heavy atom. The second kappa shape index (κ2) is 10.2. The minimum atomic E-state index is -0.781. The number of amides is 2. The van der Waals surface area contributed by atoms with Crippen LogP contribution in [0.5, 0.6) is 0 Å². The quantitative estimate of drug-likeness (QED) is 0.244. The van der Waals surface area contributed by atoms with Crippen LogP contribution in [-0.4, -0.2) is 40.5 Å². The zero-order valence-electron chi connectivity index (χ0n) is 22.5. The summed E-state index contributed by atoms with van der Waals surface area (Å²) in [4.78, 5) is 41.9. The third kappa shape index (κ3) is 4.43. The third-order valence-corrected chi connectivity index (χ3v) is 8.47. The van der Waals surface area contributed by atoms with Crippen LogP contribution in [0.2, 0.25) is 5.02 Å². The van der Waals surface area contributed by atoms with Crippen LogP contribution in [-0.2, 0) is 10.3 Å². The molecule has 1 N–H and O–H groups in total. The van der Waals surface area contributed by atoms with Crippen molar-refractivity contribution < 1.29 is 19.1 Å². The minimum absolute atomic E-state index is 0.185. The molecular weight excluding hydrogens is 550 g/mol. The fourth-order valence-electron chi connectivity index (χ4n) is 6.11. The first kappa shape index (κ1) is 26.0. The predicted molar refractivity (Wildman–Crippen MR) is 162 cm³/mol. The smallest absolute Gasteiger partial charge is 0.412 e. The molecule has 0 unspecified atom stereocenters. The molecule has 8 heteroatoms. The number of halogens is 1. The lowest BCUT2D eigenvalue weighted by molar-refractivity contribution is -0.0331. The molecule has 2 aliphatic heterocycles. The van der Waals surface area contributed by atoms with Crippen LogP contribution in [0.4, 0.5) is 10.5 Å². The molecule has 1 aromatic heterocycles. The van der Waals surface area contributed by atoms with Gasteiger partial charge in [-0.2, -0.15) is 0 Å². The van der Waals surface area contributed by atoms with Crippen LogP contribution in [0.3, 0.4) is 0 Å². The highest BCUT2D eigenvalue weighted by Crippen LogP contribution is 2.43. The first-order valence-corrected chi connectivity index (χ1v) is 14.2. The highest BCUT2D eigenvalue weighted by atomic mass is 35.5. The van der Waals surface area contributed by atoms with Gasteiger partial charge in [-0.15, -0.1) is 0 Å². The van der Waals surface area contributed by atoms with Gasteiger partial charge >= 0.3 is 6.09 Å². The summed E-state index contributed by atoms with van der Waals surface area (Å²) in [6.07, 6.45) is 2.08. The summed E-state index contributed by atoms with van der Waals surface area (Å²) in [6.45, 7) is 0.793. The second-order valence-corrected chi connectivity index (χ2v) is 11.1. The van der Waals surface area contributed by atoms with E-state index in [1.165, 1.54) is 4.57 Å². The monoisotopic (exact) mass is 575 g/mol. The molecule has 5 aromatic rings. The van der Waals surface area contributed by atoms with Crippen molar-refractivity contribution in [2.45, 2.75) is 18.4 Å². The number of ether oxygens (including phenoxy) is 1. The molecule has 3 heterocycles. The van der Waals surface area contributed by atoms with E-state index < -0.39 is 11.7 Å². The average Bonchev–Trinajstić information content (AvgIpc) is 3.40. The lowest BCUT2D eigenvalue weighted by Gasteiger charge is -2.44. The van der Waals surface area contributed by atoms with Crippen molar-refractivity contribution in [3.8, 4) is 11.1 Å². The third-order valence-electron chi connectivity index (χ3n) is 8.23. The van der Waals surface area contributed by atoms with Gasteiger partial charge in [0.1, 0.15) is 5.60 Å². The molecule has 0 radical (unpaired) electrons. The van der Waals surface area contributed by atoms with Gasteiger partial charge < -0.3 is 9.64 Å². The Hall–Kier alpha value is -4.88. The fourth-order valence-corrected chi connectivity index (χ4v) is 6.28. The Labute approximate surface area is 247 Å². The number of aromatic nitrogens is 1. The first-order valence-electron chi connectivity index (χ1n) is 13.8. The molecule has 1 fully saturated rings. The highest BCUT2D eigenvalue weighted by Gasteiger charge is 2.45. The molecule has 1 spiro atoms. The number of fused-ring (bicyclic) bond motifs is 3. The number of rotatable bonds is 3. The summed E-state index contributed by atoms with van der Waals surface area (Å²) in [5.74, 6) is -0.440. The van der Waals surface area contributed by atoms with Gasteiger partial charge in [-0.3, -0.25) is 19.5 Å². The van der Waals surface area contributed by atoms with Crippen molar-refractivity contribution in [1.29, 1.82) is 0 Å². The first-order chi connectivity index (χ1) is 20.4. The van der Waals surface area contributed by atoms with E-state index in [4.69, 9.17) is 16.3 Å². The maximum atomic E-state index is 13.9. The summed E-state index contributed by atoms with van der Waals surface area (Å²) in [5, 5.41) is 3.89. The Morgan fingerprint density at radius 1 is 0.810 bits per heavy atom. The fraction of sp³-hybridized carbons (Fsp3) is 0.147. The molecule has 7 rings (SSSR count). The van der Waals surface area contributed by atoms with E-state index in [0.29, 0.717) is 53.0 Å². The number of likely N-dealkylation sites (tertiary alicyclic amines) is 1. The van der Waals surface area contributed by atoms with Gasteiger partial charge in [0.05, 0.1) is 16.8 Å². The van der Waals surface area contributed by atoms with E-state index in [0.717, 1.165) is 22.4 Å². The van der Waals surface area contributed by atoms with Crippen molar-refractivity contribution in [2.24, 2.45) is 0 Å². The van der Waals surface area contributed by atoms with E-state index in [-0.39, 0.29) is 11.8 Å². The Balaban J connectivity index is 1.20. The van der Waals surface area contributed by atoms with Gasteiger partial charge in [-0.05, 0) is 41.5 Å². The maximum absolute atomic E-state index is 13.9. The highest BCUT2D eigenvalue weighted by molar-refractivity contribution is 6.31. The van der Waals surface area contributed by atoms with Crippen molar-refractivity contribution in [3.05, 3.63) is 125 Å². The van der Waals surface area contributed by atoms with E-state index in [1.54, 1.807) is 35.4 Å². The largest absolute Gasteiger partial charge is 0.438 e. The minimum Gasteiger partial charge on any atom is -0.438 e. The molecule has 0 atom stereocenters. The molecule has 7 nitrogen and oxygen atoms in total. The summed E-state index contributed by atoms with van der Waals surface area (Å²) < 4.78 is 7.34. The van der Waals surface area contributed by atoms with Crippen molar-refractivity contribution >= 4 is 46.1 Å². The molecule has 2 amide bonds. The van der Waals surface area contributed by atoms with E-state index in [9.17, 15) is 14.4 Å². The number of piperidine rings is 1. The zero-order valence-corrected chi connectivity index (χ0v) is 23.3. The lowest BCUT2D eigenvalue weighted by atomic mass is 9.82. The molecular formula is C34H26ClN3O4. The van der Waals surface area contributed by atoms with Crippen molar-refractivity contribution in [3.63, 3.8) is 0 Å². The van der Waals surface area contributed by atoms with Crippen LogP contribution in [0.25, 0.3) is 22.0 Å². The molecule has 2 aliphatic rings. The van der Waals surface area contributed by atoms with Crippen molar-refractivity contribution in [2.75, 3.05) is 18.4 Å². The Kier molecular flexibility index (Phi) is 6.32. The van der Waals surface area contributed by atoms with Gasteiger partial charge in [0.25, 0.3) is 11.8 Å². The van der Waals surface area contributed by atoms with Crippen molar-refractivity contribution in [1.82, 2.24) is 9.47 Å². The van der Waals surface area contributed by atoms with Crippen LogP contribution in [0.1, 0.15) is 39.1 Å². The second-order valence-electron chi connectivity index (χ2n) is 10.7. The number of hydrogen-bond donors (Lipinski definition) is 1. The van der Waals surface area contributed by atoms with Gasteiger partial charge in [0, 0.05) is 53.7 Å². The number of anilines is 1. The maximum Gasteiger partial charge on any atom is 0.412 e. The topological polar surface area (TPSA) is 80.6 Å². The van der Waals surface area contributed by atoms with Crippen LogP contribution >= 0.6 is 11.6 Å². The molecule has 0 bridgehead atoms. The number of carbonyl (C=O) groups excluding carboxylic acids is 3. The van der Waals surface area contributed by atoms with Gasteiger partial charge in [-0.1, -0.05) is 78.3 Å². The molecule has 4 aromatic carbocycles. The summed E-state index contributed by atoms with van der Waals surface area (Å²) >= 11 is 6.35. The molecule has 1 saturated heterocycles. The molecule has 0 aliphatic carbocycles. The normalized spacial score (nSPS) is 15.6. The summed E-state index contributed by atoms with van der Waals surface area (Å²) in [5.41, 5.74) is 4.30. The average molecular weight is 576 g/mol. The SMILES string of the molecule is O=C1Nc2ccccc2C2(CCN(C(=O)c3cn(C(=O)c4cccc(-c5ccccc5)c4)c4cc(Cl)ccc34)CC2)O1. The van der Waals surface area contributed by atoms with Gasteiger partial charge in [0.15, 0.2) is 0 Å². The number of nitrogens with one attached hydrogen (secondary N) is 1. The van der Waals surface area contributed by atoms with Gasteiger partial charge in [-0.25, -0.2) is 4.79 Å². The van der Waals surface area contributed by atoms with E-state index >= 15 is 0 Å². The van der Waals surface area contributed by atoms with Crippen LogP contribution in [0, 0.1) is 0 Å². The standard InChI is InChI=1S/C34H26ClN3O4/c35-25-13-14-26-27(32(40)37-17-15-34(16-18-37)28-11-4-5-12-29(28)36-33(41)42-34)21-38(30(26)20-25)31(39)24-10-6-9-23(19-24)22-7-2-1-3-8-22/h1-14,19-21H,15-18H2,(H,36,41). The summed E-state index contributed by atoms with van der Waals surface area (Å²) in [6, 6.07) is 30.2. The summed E-state index contributed by atoms with van der Waals surface area (Å²) in [7, 11) is 0. The lowest BCUT2D eigenvalue weighted by Crippen LogP contribution is -2.49. The van der Waals surface area contributed by atoms with E-state index in [2.05, 4.69) is 5.32 Å². The number of benzene rings is 4.